The molecule has 0 bridgehead atoms. The van der Waals surface area contributed by atoms with E-state index in [2.05, 4.69) is 21.2 Å². The van der Waals surface area contributed by atoms with Crippen molar-refractivity contribution in [1.82, 2.24) is 0 Å². The summed E-state index contributed by atoms with van der Waals surface area (Å²) >= 11 is 3.14. The van der Waals surface area contributed by atoms with E-state index in [1.165, 1.54) is 18.9 Å². The third-order valence-electron chi connectivity index (χ3n) is 1.87. The van der Waals surface area contributed by atoms with E-state index >= 15 is 0 Å². The molecule has 0 amide bonds. The van der Waals surface area contributed by atoms with E-state index < -0.39 is 0 Å². The van der Waals surface area contributed by atoms with Gasteiger partial charge in [-0.1, -0.05) is 0 Å². The predicted molar refractivity (Wildman–Crippen MR) is 50.7 cm³/mol. The van der Waals surface area contributed by atoms with Crippen LogP contribution in [0.5, 0.6) is 0 Å². The summed E-state index contributed by atoms with van der Waals surface area (Å²) in [5.41, 5.74) is 0.991. The summed E-state index contributed by atoms with van der Waals surface area (Å²) in [6, 6.07) is 5.61. The number of hydrogen-bond donors (Lipinski definition) is 1. The molecule has 1 aromatic carbocycles. The van der Waals surface area contributed by atoms with E-state index in [9.17, 15) is 4.39 Å². The molecule has 0 spiro atoms. The van der Waals surface area contributed by atoms with Crippen molar-refractivity contribution in [2.45, 2.75) is 18.9 Å². The molecule has 12 heavy (non-hydrogen) atoms. The van der Waals surface area contributed by atoms with E-state index in [4.69, 9.17) is 0 Å². The van der Waals surface area contributed by atoms with Crippen molar-refractivity contribution < 1.29 is 4.39 Å². The van der Waals surface area contributed by atoms with E-state index in [-0.39, 0.29) is 5.82 Å². The molecule has 0 heterocycles. The van der Waals surface area contributed by atoms with Gasteiger partial charge in [0.25, 0.3) is 0 Å². The van der Waals surface area contributed by atoms with Crippen molar-refractivity contribution in [3.05, 3.63) is 28.5 Å². The Labute approximate surface area is 79.1 Å². The molecule has 64 valence electrons. The number of anilines is 1. The summed E-state index contributed by atoms with van der Waals surface area (Å²) in [4.78, 5) is 0. The maximum Gasteiger partial charge on any atom is 0.137 e. The monoisotopic (exact) mass is 229 g/mol. The molecule has 1 N–H and O–H groups in total. The van der Waals surface area contributed by atoms with Crippen LogP contribution in [-0.2, 0) is 0 Å². The zero-order valence-corrected chi connectivity index (χ0v) is 8.07. The Morgan fingerprint density at radius 3 is 2.75 bits per heavy atom. The van der Waals surface area contributed by atoms with Crippen LogP contribution in [0.4, 0.5) is 10.1 Å². The van der Waals surface area contributed by atoms with Crippen molar-refractivity contribution in [3.63, 3.8) is 0 Å². The first-order valence-corrected chi connectivity index (χ1v) is 4.76. The van der Waals surface area contributed by atoms with E-state index in [0.29, 0.717) is 10.5 Å². The van der Waals surface area contributed by atoms with Gasteiger partial charge in [-0.2, -0.15) is 0 Å². The Hall–Kier alpha value is -0.570. The number of nitrogens with one attached hydrogen (secondary N) is 1. The zero-order valence-electron chi connectivity index (χ0n) is 6.48. The van der Waals surface area contributed by atoms with Gasteiger partial charge in [-0.3, -0.25) is 0 Å². The number of halogens is 2. The number of benzene rings is 1. The van der Waals surface area contributed by atoms with Gasteiger partial charge in [0.15, 0.2) is 0 Å². The second kappa shape index (κ2) is 3.05. The lowest BCUT2D eigenvalue weighted by molar-refractivity contribution is 0.621. The van der Waals surface area contributed by atoms with Crippen molar-refractivity contribution in [2.75, 3.05) is 5.32 Å². The second-order valence-electron chi connectivity index (χ2n) is 3.05. The third-order valence-corrected chi connectivity index (χ3v) is 2.48. The summed E-state index contributed by atoms with van der Waals surface area (Å²) < 4.78 is 13.3. The molecular weight excluding hydrogens is 221 g/mol. The molecule has 1 aliphatic rings. The van der Waals surface area contributed by atoms with E-state index in [1.807, 2.05) is 0 Å². The molecule has 1 saturated carbocycles. The maximum atomic E-state index is 12.8. The first-order chi connectivity index (χ1) is 5.75. The van der Waals surface area contributed by atoms with Gasteiger partial charge in [-0.15, -0.1) is 0 Å². The molecule has 0 unspecified atom stereocenters. The standard InChI is InChI=1S/C9H9BrFN/c10-8-5-7(3-4-9(8)11)12-6-1-2-6/h3-6,12H,1-2H2. The van der Waals surface area contributed by atoms with Crippen molar-refractivity contribution in [2.24, 2.45) is 0 Å². The fraction of sp³-hybridized carbons (Fsp3) is 0.333. The van der Waals surface area contributed by atoms with Crippen LogP contribution < -0.4 is 5.32 Å². The molecule has 1 aliphatic carbocycles. The third kappa shape index (κ3) is 1.78. The molecule has 0 saturated heterocycles. The van der Waals surface area contributed by atoms with Crippen molar-refractivity contribution >= 4 is 21.6 Å². The van der Waals surface area contributed by atoms with Gasteiger partial charge >= 0.3 is 0 Å². The average Bonchev–Trinajstić information content (AvgIpc) is 2.81. The normalized spacial score (nSPS) is 16.2. The van der Waals surface area contributed by atoms with Crippen LogP contribution in [0.1, 0.15) is 12.8 Å². The molecule has 0 aromatic heterocycles. The minimum absolute atomic E-state index is 0.212. The molecule has 1 aromatic rings. The Bertz CT molecular complexity index is 297. The summed E-state index contributed by atoms with van der Waals surface area (Å²) in [5, 5.41) is 3.29. The maximum absolute atomic E-state index is 12.8. The van der Waals surface area contributed by atoms with Crippen LogP contribution in [-0.4, -0.2) is 6.04 Å². The fourth-order valence-corrected chi connectivity index (χ4v) is 1.43. The lowest BCUT2D eigenvalue weighted by atomic mass is 10.3. The minimum atomic E-state index is -0.212. The van der Waals surface area contributed by atoms with Gasteiger partial charge in [-0.05, 0) is 47.0 Å². The van der Waals surface area contributed by atoms with Gasteiger partial charge in [-0.25, -0.2) is 4.39 Å². The molecule has 0 aliphatic heterocycles. The Morgan fingerprint density at radius 2 is 2.17 bits per heavy atom. The lowest BCUT2D eigenvalue weighted by Gasteiger charge is -2.04. The summed E-state index contributed by atoms with van der Waals surface area (Å²) in [6.45, 7) is 0. The van der Waals surface area contributed by atoms with Crippen LogP contribution in [0, 0.1) is 5.82 Å². The quantitative estimate of drug-likeness (QED) is 0.822. The summed E-state index contributed by atoms with van der Waals surface area (Å²) in [7, 11) is 0. The first-order valence-electron chi connectivity index (χ1n) is 3.97. The van der Waals surface area contributed by atoms with E-state index in [1.54, 1.807) is 12.1 Å². The van der Waals surface area contributed by atoms with Gasteiger partial charge < -0.3 is 5.32 Å². The van der Waals surface area contributed by atoms with E-state index in [0.717, 1.165) is 5.69 Å². The van der Waals surface area contributed by atoms with Crippen molar-refractivity contribution in [3.8, 4) is 0 Å². The van der Waals surface area contributed by atoms with Crippen molar-refractivity contribution in [1.29, 1.82) is 0 Å². The number of hydrogen-bond acceptors (Lipinski definition) is 1. The second-order valence-corrected chi connectivity index (χ2v) is 3.90. The Balaban J connectivity index is 2.15. The van der Waals surface area contributed by atoms with Gasteiger partial charge in [0, 0.05) is 11.7 Å². The Kier molecular flexibility index (Phi) is 2.05. The van der Waals surface area contributed by atoms with Crippen LogP contribution >= 0.6 is 15.9 Å². The lowest BCUT2D eigenvalue weighted by Crippen LogP contribution is -2.00. The molecule has 1 nitrogen and oxygen atoms in total. The molecule has 0 radical (unpaired) electrons. The van der Waals surface area contributed by atoms with Crippen LogP contribution in [0.3, 0.4) is 0 Å². The highest BCUT2D eigenvalue weighted by Crippen LogP contribution is 2.27. The zero-order chi connectivity index (χ0) is 8.55. The largest absolute Gasteiger partial charge is 0.382 e. The minimum Gasteiger partial charge on any atom is -0.382 e. The molecule has 3 heteroatoms. The predicted octanol–water partition coefficient (Wildman–Crippen LogP) is 3.16. The van der Waals surface area contributed by atoms with Gasteiger partial charge in [0.05, 0.1) is 4.47 Å². The first kappa shape index (κ1) is 8.05. The smallest absolute Gasteiger partial charge is 0.137 e. The topological polar surface area (TPSA) is 12.0 Å². The number of rotatable bonds is 2. The highest BCUT2D eigenvalue weighted by Gasteiger charge is 2.20. The van der Waals surface area contributed by atoms with Gasteiger partial charge in [0.2, 0.25) is 0 Å². The molecule has 1 fully saturated rings. The fourth-order valence-electron chi connectivity index (χ4n) is 1.05. The highest BCUT2D eigenvalue weighted by atomic mass is 79.9. The highest BCUT2D eigenvalue weighted by molar-refractivity contribution is 9.10. The Morgan fingerprint density at radius 1 is 1.42 bits per heavy atom. The van der Waals surface area contributed by atoms with Crippen LogP contribution in [0.25, 0.3) is 0 Å². The molecular formula is C9H9BrFN. The van der Waals surface area contributed by atoms with Crippen LogP contribution in [0.15, 0.2) is 22.7 Å². The van der Waals surface area contributed by atoms with Crippen LogP contribution in [0.2, 0.25) is 0 Å². The average molecular weight is 230 g/mol. The van der Waals surface area contributed by atoms with Gasteiger partial charge in [0.1, 0.15) is 5.82 Å². The SMILES string of the molecule is Fc1ccc(NC2CC2)cc1Br. The summed E-state index contributed by atoms with van der Waals surface area (Å²) in [6.07, 6.45) is 2.46. The molecule has 2 rings (SSSR count). The molecule has 0 atom stereocenters. The summed E-state index contributed by atoms with van der Waals surface area (Å²) in [5.74, 6) is -0.212.